The second-order valence-electron chi connectivity index (χ2n) is 5.53. The molecule has 0 aliphatic carbocycles. The van der Waals surface area contributed by atoms with E-state index in [1.54, 1.807) is 36.5 Å². The molecular formula is C18H16N4O4. The van der Waals surface area contributed by atoms with Crippen LogP contribution in [-0.2, 0) is 4.79 Å². The van der Waals surface area contributed by atoms with E-state index in [9.17, 15) is 14.9 Å². The average Bonchev–Trinajstić information content (AvgIpc) is 2.61. The number of aromatic nitrogens is 1. The van der Waals surface area contributed by atoms with Gasteiger partial charge in [0.05, 0.1) is 23.1 Å². The number of hydrogen-bond acceptors (Lipinski definition) is 6. The minimum absolute atomic E-state index is 0.00711. The summed E-state index contributed by atoms with van der Waals surface area (Å²) >= 11 is 0. The van der Waals surface area contributed by atoms with Crippen molar-refractivity contribution in [1.82, 2.24) is 4.98 Å². The van der Waals surface area contributed by atoms with Gasteiger partial charge in [-0.05, 0) is 30.3 Å². The Bertz CT molecular complexity index is 1000. The van der Waals surface area contributed by atoms with Crippen LogP contribution in [0.1, 0.15) is 6.92 Å². The summed E-state index contributed by atoms with van der Waals surface area (Å²) in [5, 5.41) is 18.2. The number of nitrogens with one attached hydrogen (secondary N) is 2. The molecule has 1 heterocycles. The highest BCUT2D eigenvalue weighted by Gasteiger charge is 2.15. The second kappa shape index (κ2) is 7.06. The first kappa shape index (κ1) is 17.2. The summed E-state index contributed by atoms with van der Waals surface area (Å²) in [6.07, 6.45) is 3.05. The summed E-state index contributed by atoms with van der Waals surface area (Å²) in [5.74, 6) is 0.316. The van der Waals surface area contributed by atoms with Crippen LogP contribution in [0.4, 0.5) is 22.7 Å². The second-order valence-corrected chi connectivity index (χ2v) is 5.53. The molecule has 1 amide bonds. The third kappa shape index (κ3) is 3.39. The molecule has 8 heteroatoms. The maximum absolute atomic E-state index is 11.4. The van der Waals surface area contributed by atoms with Gasteiger partial charge in [-0.3, -0.25) is 19.9 Å². The average molecular weight is 352 g/mol. The molecule has 0 saturated heterocycles. The Morgan fingerprint density at radius 3 is 2.65 bits per heavy atom. The minimum Gasteiger partial charge on any atom is -0.495 e. The smallest absolute Gasteiger partial charge is 0.278 e. The molecule has 0 fully saturated rings. The quantitative estimate of drug-likeness (QED) is 0.533. The summed E-state index contributed by atoms with van der Waals surface area (Å²) in [7, 11) is 1.52. The van der Waals surface area contributed by atoms with Crippen LogP contribution in [-0.4, -0.2) is 22.9 Å². The third-order valence-corrected chi connectivity index (χ3v) is 3.78. The van der Waals surface area contributed by atoms with Crippen LogP contribution in [0.15, 0.2) is 48.8 Å². The van der Waals surface area contributed by atoms with Crippen LogP contribution < -0.4 is 15.4 Å². The molecule has 2 N–H and O–H groups in total. The third-order valence-electron chi connectivity index (χ3n) is 3.78. The predicted molar refractivity (Wildman–Crippen MR) is 99.0 cm³/mol. The molecule has 2 aromatic carbocycles. The standard InChI is InChI=1S/C18H16N4O4/c1-11(23)20-16-9-12(3-6-18(16)26-2)21-15-4-5-17(22(24)25)14-10-19-8-7-13(14)15/h3-10,21H,1-2H3,(H,20,23). The number of nitro groups is 1. The van der Waals surface area contributed by atoms with Gasteiger partial charge in [-0.2, -0.15) is 0 Å². The molecule has 132 valence electrons. The van der Waals surface area contributed by atoms with Crippen molar-refractivity contribution in [2.24, 2.45) is 0 Å². The molecule has 0 unspecified atom stereocenters. The molecule has 0 aliphatic heterocycles. The van der Waals surface area contributed by atoms with Crippen molar-refractivity contribution in [1.29, 1.82) is 0 Å². The number of nitro benzene ring substituents is 1. The first-order chi connectivity index (χ1) is 12.5. The van der Waals surface area contributed by atoms with Gasteiger partial charge in [0.15, 0.2) is 0 Å². The maximum Gasteiger partial charge on any atom is 0.278 e. The number of rotatable bonds is 5. The molecule has 0 bridgehead atoms. The van der Waals surface area contributed by atoms with E-state index in [-0.39, 0.29) is 11.6 Å². The van der Waals surface area contributed by atoms with E-state index in [4.69, 9.17) is 4.74 Å². The van der Waals surface area contributed by atoms with Gasteiger partial charge in [-0.1, -0.05) is 0 Å². The van der Waals surface area contributed by atoms with Gasteiger partial charge in [0.1, 0.15) is 5.75 Å². The summed E-state index contributed by atoms with van der Waals surface area (Å²) in [6, 6.07) is 10.0. The number of methoxy groups -OCH3 is 1. The summed E-state index contributed by atoms with van der Waals surface area (Å²) in [6.45, 7) is 1.41. The van der Waals surface area contributed by atoms with Crippen molar-refractivity contribution in [3.05, 3.63) is 58.9 Å². The fourth-order valence-corrected chi connectivity index (χ4v) is 2.67. The topological polar surface area (TPSA) is 106 Å². The van der Waals surface area contributed by atoms with Crippen molar-refractivity contribution in [2.75, 3.05) is 17.7 Å². The molecule has 8 nitrogen and oxygen atoms in total. The fraction of sp³-hybridized carbons (Fsp3) is 0.111. The molecule has 0 atom stereocenters. The summed E-state index contributed by atoms with van der Waals surface area (Å²) in [5.41, 5.74) is 1.90. The number of carbonyl (C=O) groups is 1. The number of non-ortho nitro benzene ring substituents is 1. The van der Waals surface area contributed by atoms with Crippen LogP contribution in [0.3, 0.4) is 0 Å². The van der Waals surface area contributed by atoms with Crippen molar-refractivity contribution in [3.63, 3.8) is 0 Å². The van der Waals surface area contributed by atoms with Crippen LogP contribution in [0.2, 0.25) is 0 Å². The highest BCUT2D eigenvalue weighted by Crippen LogP contribution is 2.34. The fourth-order valence-electron chi connectivity index (χ4n) is 2.67. The molecule has 3 rings (SSSR count). The number of amides is 1. The lowest BCUT2D eigenvalue weighted by Gasteiger charge is -2.14. The first-order valence-corrected chi connectivity index (χ1v) is 7.73. The number of nitrogens with zero attached hydrogens (tertiary/aromatic N) is 2. The van der Waals surface area contributed by atoms with Gasteiger partial charge in [-0.15, -0.1) is 0 Å². The van der Waals surface area contributed by atoms with E-state index in [2.05, 4.69) is 15.6 Å². The van der Waals surface area contributed by atoms with E-state index in [0.29, 0.717) is 33.6 Å². The number of fused-ring (bicyclic) bond motifs is 1. The molecular weight excluding hydrogens is 336 g/mol. The Balaban J connectivity index is 2.03. The van der Waals surface area contributed by atoms with E-state index in [1.165, 1.54) is 26.3 Å². The molecule has 0 spiro atoms. The van der Waals surface area contributed by atoms with E-state index in [1.807, 2.05) is 0 Å². The van der Waals surface area contributed by atoms with E-state index < -0.39 is 4.92 Å². The van der Waals surface area contributed by atoms with Gasteiger partial charge >= 0.3 is 0 Å². The zero-order valence-electron chi connectivity index (χ0n) is 14.1. The number of ether oxygens (including phenoxy) is 1. The largest absolute Gasteiger partial charge is 0.495 e. The number of benzene rings is 2. The van der Waals surface area contributed by atoms with Gasteiger partial charge in [0, 0.05) is 42.1 Å². The van der Waals surface area contributed by atoms with Crippen LogP contribution in [0.25, 0.3) is 10.8 Å². The molecule has 0 aliphatic rings. The maximum atomic E-state index is 11.4. The Morgan fingerprint density at radius 2 is 1.96 bits per heavy atom. The molecule has 1 aromatic heterocycles. The van der Waals surface area contributed by atoms with Crippen molar-refractivity contribution < 1.29 is 14.5 Å². The lowest BCUT2D eigenvalue weighted by atomic mass is 10.1. The van der Waals surface area contributed by atoms with Crippen LogP contribution in [0.5, 0.6) is 5.75 Å². The normalized spacial score (nSPS) is 10.4. The Labute approximate surface area is 149 Å². The Morgan fingerprint density at radius 1 is 1.15 bits per heavy atom. The van der Waals surface area contributed by atoms with E-state index >= 15 is 0 Å². The predicted octanol–water partition coefficient (Wildman–Crippen LogP) is 3.85. The first-order valence-electron chi connectivity index (χ1n) is 7.73. The zero-order valence-corrected chi connectivity index (χ0v) is 14.1. The van der Waals surface area contributed by atoms with Gasteiger partial charge in [0.2, 0.25) is 5.91 Å². The van der Waals surface area contributed by atoms with Gasteiger partial charge < -0.3 is 15.4 Å². The van der Waals surface area contributed by atoms with Crippen LogP contribution in [0, 0.1) is 10.1 Å². The highest BCUT2D eigenvalue weighted by molar-refractivity contribution is 6.00. The van der Waals surface area contributed by atoms with Gasteiger partial charge in [0.25, 0.3) is 5.69 Å². The van der Waals surface area contributed by atoms with E-state index in [0.717, 1.165) is 0 Å². The van der Waals surface area contributed by atoms with Crippen molar-refractivity contribution in [2.45, 2.75) is 6.92 Å². The lowest BCUT2D eigenvalue weighted by Crippen LogP contribution is -2.07. The summed E-state index contributed by atoms with van der Waals surface area (Å²) in [4.78, 5) is 26.1. The Kier molecular flexibility index (Phi) is 4.66. The van der Waals surface area contributed by atoms with Gasteiger partial charge in [-0.25, -0.2) is 0 Å². The van der Waals surface area contributed by atoms with Crippen LogP contribution >= 0.6 is 0 Å². The molecule has 0 saturated carbocycles. The molecule has 0 radical (unpaired) electrons. The van der Waals surface area contributed by atoms with Crippen molar-refractivity contribution in [3.8, 4) is 5.75 Å². The number of pyridine rings is 1. The Hall–Kier alpha value is -3.68. The summed E-state index contributed by atoms with van der Waals surface area (Å²) < 4.78 is 5.24. The zero-order chi connectivity index (χ0) is 18.7. The molecule has 26 heavy (non-hydrogen) atoms. The minimum atomic E-state index is -0.434. The number of anilines is 3. The lowest BCUT2D eigenvalue weighted by molar-refractivity contribution is -0.383. The number of hydrogen-bond donors (Lipinski definition) is 2. The highest BCUT2D eigenvalue weighted by atomic mass is 16.6. The number of carbonyl (C=O) groups excluding carboxylic acids is 1. The monoisotopic (exact) mass is 352 g/mol. The SMILES string of the molecule is COc1ccc(Nc2ccc([N+](=O)[O-])c3cnccc23)cc1NC(C)=O. The van der Waals surface area contributed by atoms with Crippen molar-refractivity contribution >= 4 is 39.4 Å². The molecule has 3 aromatic rings.